The third kappa shape index (κ3) is 5.67. The zero-order valence-electron chi connectivity index (χ0n) is 20.2. The number of carbonyl (C=O) groups excluding carboxylic acids is 1. The predicted octanol–water partition coefficient (Wildman–Crippen LogP) is 5.74. The van der Waals surface area contributed by atoms with E-state index in [0.29, 0.717) is 40.3 Å². The van der Waals surface area contributed by atoms with Crippen LogP contribution in [0.1, 0.15) is 51.3 Å². The Morgan fingerprint density at radius 2 is 1.94 bits per heavy atom. The number of allylic oxidation sites excluding steroid dienone is 1. The van der Waals surface area contributed by atoms with Gasteiger partial charge in [0.25, 0.3) is 0 Å². The number of halogens is 1. The van der Waals surface area contributed by atoms with Crippen molar-refractivity contribution in [1.29, 1.82) is 0 Å². The first-order valence-electron chi connectivity index (χ1n) is 11.6. The number of benzene rings is 2. The van der Waals surface area contributed by atoms with Crippen LogP contribution in [0.4, 0.5) is 10.3 Å². The van der Waals surface area contributed by atoms with Crippen molar-refractivity contribution in [1.82, 2.24) is 14.8 Å². The monoisotopic (exact) mass is 496 g/mol. The van der Waals surface area contributed by atoms with Crippen LogP contribution in [0, 0.1) is 5.82 Å². The molecule has 1 aliphatic heterocycles. The molecule has 9 heteroatoms. The maximum Gasteiger partial charge on any atom is 0.338 e. The Morgan fingerprint density at radius 3 is 2.63 bits per heavy atom. The molecular weight excluding hydrogens is 467 g/mol. The van der Waals surface area contributed by atoms with E-state index in [4.69, 9.17) is 9.47 Å². The number of rotatable bonds is 9. The van der Waals surface area contributed by atoms with Gasteiger partial charge in [-0.05, 0) is 56.5 Å². The molecule has 2 aromatic carbocycles. The molecule has 0 radical (unpaired) electrons. The smallest absolute Gasteiger partial charge is 0.338 e. The van der Waals surface area contributed by atoms with Crippen LogP contribution >= 0.6 is 11.8 Å². The van der Waals surface area contributed by atoms with E-state index in [2.05, 4.69) is 22.3 Å². The molecule has 0 aliphatic carbocycles. The lowest BCUT2D eigenvalue weighted by molar-refractivity contribution is -0.143. The van der Waals surface area contributed by atoms with Crippen LogP contribution in [0.2, 0.25) is 0 Å². The first-order chi connectivity index (χ1) is 16.9. The SMILES string of the molecule is CCCOc1ccc(C2C(C(=O)OC(C)C)=C(C)Nc3nc(SCc4ccccc4F)nn32)cc1. The molecule has 35 heavy (non-hydrogen) atoms. The fraction of sp³-hybridized carbons (Fsp3) is 0.346. The van der Waals surface area contributed by atoms with Crippen molar-refractivity contribution < 1.29 is 18.7 Å². The summed E-state index contributed by atoms with van der Waals surface area (Å²) >= 11 is 1.33. The van der Waals surface area contributed by atoms with Gasteiger partial charge < -0.3 is 14.8 Å². The van der Waals surface area contributed by atoms with E-state index in [1.54, 1.807) is 22.9 Å². The number of thioether (sulfide) groups is 1. The summed E-state index contributed by atoms with van der Waals surface area (Å²) in [5.41, 5.74) is 2.54. The summed E-state index contributed by atoms with van der Waals surface area (Å²) in [6, 6.07) is 13.7. The van der Waals surface area contributed by atoms with Gasteiger partial charge in [0.1, 0.15) is 17.6 Å². The number of esters is 1. The number of fused-ring (bicyclic) bond motifs is 1. The zero-order valence-corrected chi connectivity index (χ0v) is 21.1. The van der Waals surface area contributed by atoms with Gasteiger partial charge in [0, 0.05) is 11.4 Å². The highest BCUT2D eigenvalue weighted by Crippen LogP contribution is 2.37. The number of hydrogen-bond acceptors (Lipinski definition) is 7. The van der Waals surface area contributed by atoms with E-state index < -0.39 is 12.0 Å². The van der Waals surface area contributed by atoms with E-state index in [0.717, 1.165) is 17.7 Å². The topological polar surface area (TPSA) is 78.3 Å². The van der Waals surface area contributed by atoms with E-state index in [9.17, 15) is 9.18 Å². The van der Waals surface area contributed by atoms with Crippen molar-refractivity contribution in [3.63, 3.8) is 0 Å². The van der Waals surface area contributed by atoms with Crippen molar-refractivity contribution in [3.05, 3.63) is 76.7 Å². The quantitative estimate of drug-likeness (QED) is 0.299. The second-order valence-corrected chi connectivity index (χ2v) is 9.42. The number of ether oxygens (including phenoxy) is 2. The van der Waals surface area contributed by atoms with E-state index in [1.807, 2.05) is 45.0 Å². The molecule has 1 atom stereocenters. The minimum atomic E-state index is -0.534. The maximum atomic E-state index is 14.1. The normalized spacial score (nSPS) is 15.1. The van der Waals surface area contributed by atoms with Gasteiger partial charge in [-0.3, -0.25) is 0 Å². The first kappa shape index (κ1) is 24.8. The van der Waals surface area contributed by atoms with Gasteiger partial charge in [0.15, 0.2) is 0 Å². The molecule has 0 saturated carbocycles. The van der Waals surface area contributed by atoms with Crippen LogP contribution in [-0.2, 0) is 15.3 Å². The third-order valence-corrected chi connectivity index (χ3v) is 6.27. The molecule has 0 amide bonds. The molecule has 1 N–H and O–H groups in total. The molecule has 184 valence electrons. The highest BCUT2D eigenvalue weighted by Gasteiger charge is 2.35. The van der Waals surface area contributed by atoms with Crippen LogP contribution in [0.15, 0.2) is 65.0 Å². The van der Waals surface area contributed by atoms with Gasteiger partial charge in [-0.2, -0.15) is 4.98 Å². The van der Waals surface area contributed by atoms with Gasteiger partial charge >= 0.3 is 5.97 Å². The average molecular weight is 497 g/mol. The summed E-state index contributed by atoms with van der Waals surface area (Å²) in [5, 5.41) is 8.35. The molecule has 1 aliphatic rings. The van der Waals surface area contributed by atoms with Gasteiger partial charge in [0.05, 0.1) is 18.3 Å². The molecule has 1 unspecified atom stereocenters. The summed E-state index contributed by atoms with van der Waals surface area (Å²) < 4.78 is 27.0. The Kier molecular flexibility index (Phi) is 7.75. The standard InChI is InChI=1S/C26H29FN4O3S/c1-5-14-33-20-12-10-18(11-13-20)23-22(24(32)34-16(2)3)17(4)28-25-29-26(30-31(23)25)35-15-19-8-6-7-9-21(19)27/h6-13,16,23H,5,14-15H2,1-4H3,(H,28,29,30). The maximum absolute atomic E-state index is 14.1. The summed E-state index contributed by atoms with van der Waals surface area (Å²) in [5.74, 6) is 0.982. The predicted molar refractivity (Wildman–Crippen MR) is 134 cm³/mol. The van der Waals surface area contributed by atoms with Crippen molar-refractivity contribution in [3.8, 4) is 5.75 Å². The second-order valence-electron chi connectivity index (χ2n) is 8.48. The lowest BCUT2D eigenvalue weighted by Gasteiger charge is -2.28. The third-order valence-electron chi connectivity index (χ3n) is 5.38. The molecule has 7 nitrogen and oxygen atoms in total. The molecule has 4 rings (SSSR count). The van der Waals surface area contributed by atoms with E-state index in [-0.39, 0.29) is 11.9 Å². The highest BCUT2D eigenvalue weighted by molar-refractivity contribution is 7.98. The fourth-order valence-electron chi connectivity index (χ4n) is 3.77. The van der Waals surface area contributed by atoms with Gasteiger partial charge in [-0.1, -0.05) is 49.0 Å². The Hall–Kier alpha value is -3.33. The van der Waals surface area contributed by atoms with Crippen LogP contribution in [0.3, 0.4) is 0 Å². The Bertz CT molecular complexity index is 1220. The molecule has 2 heterocycles. The molecule has 0 saturated heterocycles. The number of nitrogens with zero attached hydrogens (tertiary/aromatic N) is 3. The van der Waals surface area contributed by atoms with Crippen molar-refractivity contribution >= 4 is 23.7 Å². The fourth-order valence-corrected chi connectivity index (χ4v) is 4.58. The summed E-state index contributed by atoms with van der Waals surface area (Å²) in [6.07, 6.45) is 0.649. The van der Waals surface area contributed by atoms with E-state index in [1.165, 1.54) is 17.8 Å². The van der Waals surface area contributed by atoms with Crippen molar-refractivity contribution in [2.75, 3.05) is 11.9 Å². The first-order valence-corrected chi connectivity index (χ1v) is 12.6. The number of anilines is 1. The van der Waals surface area contributed by atoms with E-state index >= 15 is 0 Å². The molecule has 1 aromatic heterocycles. The zero-order chi connectivity index (χ0) is 24.9. The van der Waals surface area contributed by atoms with Crippen LogP contribution in [-0.4, -0.2) is 33.4 Å². The number of nitrogens with one attached hydrogen (secondary N) is 1. The molecule has 3 aromatic rings. The minimum Gasteiger partial charge on any atom is -0.494 e. The van der Waals surface area contributed by atoms with Gasteiger partial charge in [-0.25, -0.2) is 13.9 Å². The average Bonchev–Trinajstić information content (AvgIpc) is 3.23. The van der Waals surface area contributed by atoms with Crippen molar-refractivity contribution in [2.45, 2.75) is 57.2 Å². The Labute approximate surface area is 208 Å². The van der Waals surface area contributed by atoms with Crippen molar-refractivity contribution in [2.24, 2.45) is 0 Å². The Balaban J connectivity index is 1.67. The molecule has 0 bridgehead atoms. The van der Waals surface area contributed by atoms with Crippen LogP contribution < -0.4 is 10.1 Å². The minimum absolute atomic E-state index is 0.262. The molecular formula is C26H29FN4O3S. The largest absolute Gasteiger partial charge is 0.494 e. The van der Waals surface area contributed by atoms with Gasteiger partial charge in [-0.15, -0.1) is 5.10 Å². The summed E-state index contributed by atoms with van der Waals surface area (Å²) in [4.78, 5) is 17.7. The summed E-state index contributed by atoms with van der Waals surface area (Å²) in [6.45, 7) is 8.15. The Morgan fingerprint density at radius 1 is 1.20 bits per heavy atom. The number of hydrogen-bond donors (Lipinski definition) is 1. The van der Waals surface area contributed by atoms with Crippen LogP contribution in [0.5, 0.6) is 5.75 Å². The highest BCUT2D eigenvalue weighted by atomic mass is 32.2. The lowest BCUT2D eigenvalue weighted by atomic mass is 9.95. The van der Waals surface area contributed by atoms with Gasteiger partial charge in [0.2, 0.25) is 11.1 Å². The lowest BCUT2D eigenvalue weighted by Crippen LogP contribution is -2.30. The summed E-state index contributed by atoms with van der Waals surface area (Å²) in [7, 11) is 0. The molecule has 0 fully saturated rings. The second kappa shape index (κ2) is 10.9. The van der Waals surface area contributed by atoms with Crippen LogP contribution in [0.25, 0.3) is 0 Å². The number of aromatic nitrogens is 3. The molecule has 0 spiro atoms. The number of carbonyl (C=O) groups is 1.